The summed E-state index contributed by atoms with van der Waals surface area (Å²) in [5.74, 6) is -3.30. The van der Waals surface area contributed by atoms with E-state index in [1.165, 1.54) is 6.42 Å². The lowest BCUT2D eigenvalue weighted by molar-refractivity contribution is -0.192. The van der Waals surface area contributed by atoms with E-state index in [2.05, 4.69) is 45.1 Å². The lowest BCUT2D eigenvalue weighted by atomic mass is 9.72. The summed E-state index contributed by atoms with van der Waals surface area (Å²) in [7, 11) is 0. The number of carbonyl (C=O) groups is 7. The molecule has 68 heavy (non-hydrogen) atoms. The van der Waals surface area contributed by atoms with Crippen LogP contribution in [0, 0.1) is 11.3 Å². The van der Waals surface area contributed by atoms with Gasteiger partial charge in [0.2, 0.25) is 23.6 Å². The molecule has 2 aliphatic carbocycles. The minimum Gasteiger partial charge on any atom is -0.489 e. The summed E-state index contributed by atoms with van der Waals surface area (Å²) >= 11 is 0. The topological polar surface area (TPSA) is 195 Å². The Bertz CT molecular complexity index is 2590. The number of aliphatic carboxylic acids is 1. The first-order chi connectivity index (χ1) is 32.5. The van der Waals surface area contributed by atoms with Gasteiger partial charge in [-0.15, -0.1) is 0 Å². The molecule has 8 aliphatic rings. The van der Waals surface area contributed by atoms with Gasteiger partial charge in [0.25, 0.3) is 11.8 Å². The second kappa shape index (κ2) is 17.3. The highest BCUT2D eigenvalue weighted by Gasteiger charge is 2.54. The van der Waals surface area contributed by atoms with Crippen molar-refractivity contribution in [2.45, 2.75) is 108 Å². The van der Waals surface area contributed by atoms with Gasteiger partial charge in [-0.25, -0.2) is 4.79 Å². The minimum absolute atomic E-state index is 0.0186. The second-order valence-electron chi connectivity index (χ2n) is 19.8. The largest absolute Gasteiger partial charge is 0.490 e. The Labute approximate surface area is 389 Å². The lowest BCUT2D eigenvalue weighted by Gasteiger charge is -2.61. The number of ether oxygens (including phenoxy) is 1. The number of piperidine rings is 2. The number of likely N-dealkylation sites (tertiary alicyclic amines) is 2. The van der Waals surface area contributed by atoms with Crippen molar-refractivity contribution in [3.63, 3.8) is 0 Å². The number of benzene rings is 2. The number of hydrogen-bond acceptors (Lipinski definition) is 11. The highest BCUT2D eigenvalue weighted by atomic mass is 19.4. The van der Waals surface area contributed by atoms with Gasteiger partial charge in [0.1, 0.15) is 11.8 Å². The van der Waals surface area contributed by atoms with E-state index in [1.54, 1.807) is 12.1 Å². The van der Waals surface area contributed by atoms with Crippen molar-refractivity contribution in [1.29, 1.82) is 0 Å². The number of amides is 6. The zero-order valence-electron chi connectivity index (χ0n) is 37.6. The van der Waals surface area contributed by atoms with Crippen molar-refractivity contribution in [2.24, 2.45) is 11.3 Å². The maximum absolute atomic E-state index is 13.4. The highest BCUT2D eigenvalue weighted by Crippen LogP contribution is 2.47. The molecule has 7 heterocycles. The first-order valence-electron chi connectivity index (χ1n) is 23.6. The number of anilines is 2. The summed E-state index contributed by atoms with van der Waals surface area (Å²) in [6.07, 6.45) is 8.33. The predicted octanol–water partition coefficient (Wildman–Crippen LogP) is 4.58. The molecule has 2 aromatic carbocycles. The summed E-state index contributed by atoms with van der Waals surface area (Å²) in [5.41, 5.74) is 5.65. The Hall–Kier alpha value is -6.31. The van der Waals surface area contributed by atoms with Crippen LogP contribution in [-0.2, 0) is 30.4 Å². The van der Waals surface area contributed by atoms with Gasteiger partial charge in [-0.3, -0.25) is 48.6 Å². The SMILES string of the molecule is C[C@H]1CCc2c(ccc(-c3cnn(C4CCN(CC(=O)N5CC6(C5)CN(c5ccc7c(c5)C(=O)N(C5CCC(=O)NC5=O)C7=O)C6)CC4)c3)c2OC2CCC2)N1C(=O)C1CC1.O=C(O)C(F)(F)F. The molecule has 1 aromatic heterocycles. The number of carbonyl (C=O) groups excluding carboxylic acids is 6. The fourth-order valence-corrected chi connectivity index (χ4v) is 10.7. The molecule has 11 rings (SSSR count). The number of alkyl halides is 3. The number of carboxylic acids is 1. The van der Waals surface area contributed by atoms with E-state index in [1.807, 2.05) is 22.1 Å². The van der Waals surface area contributed by atoms with Gasteiger partial charge in [-0.2, -0.15) is 18.3 Å². The molecular formula is C48H53F3N8O9. The molecule has 0 bridgehead atoms. The monoisotopic (exact) mass is 942 g/mol. The lowest BCUT2D eigenvalue weighted by Crippen LogP contribution is -2.73. The third-order valence-corrected chi connectivity index (χ3v) is 14.9. The third-order valence-electron chi connectivity index (χ3n) is 14.9. The van der Waals surface area contributed by atoms with E-state index in [4.69, 9.17) is 19.7 Å². The molecule has 6 aliphatic heterocycles. The van der Waals surface area contributed by atoms with E-state index in [-0.39, 0.29) is 65.3 Å². The fourth-order valence-electron chi connectivity index (χ4n) is 10.7. The highest BCUT2D eigenvalue weighted by molar-refractivity contribution is 6.23. The Morgan fingerprint density at radius 2 is 1.56 bits per heavy atom. The van der Waals surface area contributed by atoms with Crippen molar-refractivity contribution in [2.75, 3.05) is 55.6 Å². The smallest absolute Gasteiger partial charge is 0.489 e. The van der Waals surface area contributed by atoms with Crippen LogP contribution in [0.5, 0.6) is 5.75 Å². The molecule has 2 N–H and O–H groups in total. The Balaban J connectivity index is 0.000000717. The van der Waals surface area contributed by atoms with Crippen LogP contribution in [0.3, 0.4) is 0 Å². The van der Waals surface area contributed by atoms with E-state index in [9.17, 15) is 41.9 Å². The standard InChI is InChI=1S/C46H52N8O7.C2HF3O2/c1-27-5-9-35-37(53(27)43(58)28-6-7-28)12-11-33(41(35)61-32-3-2-4-32)29-20-47-52(21-29)30-15-17-49(18-16-30)22-40(56)51-25-46(26-51)23-50(24-46)31-8-10-34-36(19-31)45(60)54(44(34)59)38-13-14-39(55)48-42(38)57;3-2(4,5)1(6)7/h8,10-12,19-21,27-28,30,32,38H,2-7,9,13-18,22-26H2,1H3,(H,48,55,57);(H,6,7)/t27-,38?;/m0./s1. The fraction of sp³-hybridized carbons (Fsp3) is 0.542. The molecule has 6 amide bonds. The molecule has 3 aromatic rings. The average molecular weight is 943 g/mol. The number of halogens is 3. The molecule has 2 atom stereocenters. The number of fused-ring (bicyclic) bond motifs is 2. The normalized spacial score (nSPS) is 23.8. The van der Waals surface area contributed by atoms with Gasteiger partial charge < -0.3 is 24.5 Å². The van der Waals surface area contributed by atoms with Gasteiger partial charge in [0.05, 0.1) is 41.7 Å². The quantitative estimate of drug-likeness (QED) is 0.284. The van der Waals surface area contributed by atoms with E-state index >= 15 is 0 Å². The van der Waals surface area contributed by atoms with Crippen LogP contribution in [0.2, 0.25) is 0 Å². The van der Waals surface area contributed by atoms with Crippen molar-refractivity contribution < 1.29 is 56.6 Å². The van der Waals surface area contributed by atoms with Gasteiger partial charge in [0.15, 0.2) is 0 Å². The van der Waals surface area contributed by atoms with Crippen LogP contribution in [0.1, 0.15) is 103 Å². The van der Waals surface area contributed by atoms with Crippen molar-refractivity contribution in [1.82, 2.24) is 29.8 Å². The molecule has 17 nitrogen and oxygen atoms in total. The van der Waals surface area contributed by atoms with E-state index in [0.717, 1.165) is 116 Å². The van der Waals surface area contributed by atoms with Crippen molar-refractivity contribution in [3.05, 3.63) is 59.4 Å². The van der Waals surface area contributed by atoms with Crippen molar-refractivity contribution in [3.8, 4) is 16.9 Å². The van der Waals surface area contributed by atoms with Gasteiger partial charge in [-0.05, 0) is 101 Å². The Kier molecular flexibility index (Phi) is 11.6. The number of hydrogen-bond donors (Lipinski definition) is 2. The van der Waals surface area contributed by atoms with Gasteiger partial charge in [-0.1, -0.05) is 0 Å². The van der Waals surface area contributed by atoms with Gasteiger partial charge >= 0.3 is 12.1 Å². The van der Waals surface area contributed by atoms with E-state index in [0.29, 0.717) is 19.6 Å². The van der Waals surface area contributed by atoms with Crippen LogP contribution in [0.25, 0.3) is 11.1 Å². The summed E-state index contributed by atoms with van der Waals surface area (Å²) in [6.45, 7) is 7.10. The molecule has 4 saturated heterocycles. The summed E-state index contributed by atoms with van der Waals surface area (Å²) in [4.78, 5) is 95.7. The molecule has 6 fully saturated rings. The summed E-state index contributed by atoms with van der Waals surface area (Å²) in [6, 6.07) is 8.91. The minimum atomic E-state index is -5.08. The van der Waals surface area contributed by atoms with Crippen LogP contribution < -0.4 is 19.9 Å². The number of nitrogens with zero attached hydrogens (tertiary/aromatic N) is 7. The van der Waals surface area contributed by atoms with Crippen LogP contribution >= 0.6 is 0 Å². The first-order valence-corrected chi connectivity index (χ1v) is 23.6. The van der Waals surface area contributed by atoms with Crippen LogP contribution in [-0.4, -0.2) is 141 Å². The third kappa shape index (κ3) is 8.48. The first kappa shape index (κ1) is 45.5. The zero-order valence-corrected chi connectivity index (χ0v) is 37.6. The average Bonchev–Trinajstić information content (AvgIpc) is 3.94. The molecule has 2 saturated carbocycles. The molecule has 20 heteroatoms. The number of carboxylic acid groups (broad SMARTS) is 1. The zero-order chi connectivity index (χ0) is 47.8. The molecular weight excluding hydrogens is 890 g/mol. The maximum atomic E-state index is 13.4. The predicted molar refractivity (Wildman–Crippen MR) is 237 cm³/mol. The van der Waals surface area contributed by atoms with Crippen LogP contribution in [0.15, 0.2) is 42.7 Å². The maximum Gasteiger partial charge on any atom is 0.490 e. The van der Waals surface area contributed by atoms with Crippen LogP contribution in [0.4, 0.5) is 24.5 Å². The van der Waals surface area contributed by atoms with Crippen molar-refractivity contribution >= 4 is 52.8 Å². The Morgan fingerprint density at radius 1 is 0.868 bits per heavy atom. The number of nitrogens with one attached hydrogen (secondary N) is 1. The molecule has 0 radical (unpaired) electrons. The van der Waals surface area contributed by atoms with Gasteiger partial charge in [0, 0.05) is 91.6 Å². The molecule has 360 valence electrons. The molecule has 1 unspecified atom stereocenters. The number of aromatic nitrogens is 2. The molecule has 1 spiro atoms. The summed E-state index contributed by atoms with van der Waals surface area (Å²) in [5, 5.41) is 14.2. The van der Waals surface area contributed by atoms with E-state index < -0.39 is 41.8 Å². The Morgan fingerprint density at radius 3 is 2.21 bits per heavy atom. The number of rotatable bonds is 9. The second-order valence-corrected chi connectivity index (χ2v) is 19.8. The number of imide groups is 2. The summed E-state index contributed by atoms with van der Waals surface area (Å²) < 4.78 is 40.6.